The van der Waals surface area contributed by atoms with Crippen molar-refractivity contribution in [2.24, 2.45) is 0 Å². The van der Waals surface area contributed by atoms with E-state index in [1.807, 2.05) is 66.0 Å². The molecule has 0 saturated carbocycles. The van der Waals surface area contributed by atoms with Crippen LogP contribution in [0.2, 0.25) is 0 Å². The van der Waals surface area contributed by atoms with Gasteiger partial charge in [-0.05, 0) is 58.7 Å². The quantitative estimate of drug-likeness (QED) is 0.371. The van der Waals surface area contributed by atoms with Crippen LogP contribution in [0.3, 0.4) is 0 Å². The number of rotatable bonds is 6. The van der Waals surface area contributed by atoms with Crippen LogP contribution in [0.5, 0.6) is 5.75 Å². The molecule has 5 rings (SSSR count). The molecule has 0 aliphatic heterocycles. The van der Waals surface area contributed by atoms with Gasteiger partial charge in [0.05, 0.1) is 0 Å². The van der Waals surface area contributed by atoms with E-state index < -0.39 is 0 Å². The summed E-state index contributed by atoms with van der Waals surface area (Å²) in [4.78, 5) is 12.5. The van der Waals surface area contributed by atoms with E-state index in [1.54, 1.807) is 12.1 Å². The predicted octanol–water partition coefficient (Wildman–Crippen LogP) is 5.78. The maximum absolute atomic E-state index is 12.5. The average molecular weight is 427 g/mol. The van der Waals surface area contributed by atoms with Crippen molar-refractivity contribution in [2.45, 2.75) is 6.61 Å². The van der Waals surface area contributed by atoms with Crippen LogP contribution in [-0.2, 0) is 6.61 Å². The van der Waals surface area contributed by atoms with Crippen LogP contribution in [0.4, 0.5) is 5.69 Å². The average Bonchev–Trinajstić information content (AvgIpc) is 3.51. The third-order valence-electron chi connectivity index (χ3n) is 4.79. The van der Waals surface area contributed by atoms with Crippen molar-refractivity contribution in [3.63, 3.8) is 0 Å². The fraction of sp³-hybridized carbons (Fsp3) is 0.0417. The molecule has 0 bridgehead atoms. The minimum atomic E-state index is -0.319. The number of amides is 1. The Morgan fingerprint density at radius 3 is 2.61 bits per heavy atom. The molecule has 1 amide bonds. The zero-order chi connectivity index (χ0) is 21.0. The third-order valence-corrected chi connectivity index (χ3v) is 5.29. The molecule has 0 unspecified atom stereocenters. The molecule has 1 N–H and O–H groups in total. The summed E-state index contributed by atoms with van der Waals surface area (Å²) in [7, 11) is 0. The summed E-state index contributed by atoms with van der Waals surface area (Å²) in [6.45, 7) is 0.238. The Bertz CT molecular complexity index is 1330. The number of ether oxygens (including phenoxy) is 1. The van der Waals surface area contributed by atoms with Gasteiger partial charge in [-0.15, -0.1) is 5.10 Å². The number of hydrogen-bond donors (Lipinski definition) is 1. The number of benzene rings is 3. The number of nitrogens with one attached hydrogen (secondary N) is 1. The molecule has 6 nitrogen and oxygen atoms in total. The Balaban J connectivity index is 1.21. The number of anilines is 1. The lowest BCUT2D eigenvalue weighted by atomic mass is 10.1. The van der Waals surface area contributed by atoms with Crippen LogP contribution in [-0.4, -0.2) is 15.5 Å². The normalized spacial score (nSPS) is 10.8. The van der Waals surface area contributed by atoms with Gasteiger partial charge < -0.3 is 14.5 Å². The Labute approximate surface area is 182 Å². The summed E-state index contributed by atoms with van der Waals surface area (Å²) in [5.74, 6) is 1.23. The van der Waals surface area contributed by atoms with Gasteiger partial charge in [-0.1, -0.05) is 47.0 Å². The molecule has 152 valence electrons. The highest BCUT2D eigenvalue weighted by molar-refractivity contribution is 7.03. The lowest BCUT2D eigenvalue weighted by molar-refractivity contribution is 0.0992. The van der Waals surface area contributed by atoms with Crippen LogP contribution in [0.25, 0.3) is 22.0 Å². The second kappa shape index (κ2) is 8.41. The summed E-state index contributed by atoms with van der Waals surface area (Å²) in [6.07, 6.45) is 0. The second-order valence-electron chi connectivity index (χ2n) is 6.89. The zero-order valence-corrected chi connectivity index (χ0v) is 17.1. The highest BCUT2D eigenvalue weighted by Gasteiger charge is 2.12. The predicted molar refractivity (Wildman–Crippen MR) is 120 cm³/mol. The highest BCUT2D eigenvalue weighted by atomic mass is 32.1. The molecule has 5 aromatic rings. The molecule has 7 heteroatoms. The van der Waals surface area contributed by atoms with Crippen LogP contribution in [0, 0.1) is 0 Å². The van der Waals surface area contributed by atoms with Gasteiger partial charge in [0.15, 0.2) is 5.76 Å². The second-order valence-corrected chi connectivity index (χ2v) is 7.50. The number of hydrogen-bond acceptors (Lipinski definition) is 6. The topological polar surface area (TPSA) is 77.2 Å². The van der Waals surface area contributed by atoms with Crippen molar-refractivity contribution in [1.82, 2.24) is 9.59 Å². The van der Waals surface area contributed by atoms with E-state index in [-0.39, 0.29) is 18.3 Å². The van der Waals surface area contributed by atoms with Gasteiger partial charge in [0.1, 0.15) is 23.8 Å². The monoisotopic (exact) mass is 427 g/mol. The molecule has 0 atom stereocenters. The highest BCUT2D eigenvalue weighted by Crippen LogP contribution is 2.23. The first-order chi connectivity index (χ1) is 15.2. The van der Waals surface area contributed by atoms with E-state index in [0.717, 1.165) is 27.8 Å². The maximum atomic E-state index is 12.5. The van der Waals surface area contributed by atoms with Gasteiger partial charge in [0, 0.05) is 16.6 Å². The molecule has 3 aromatic carbocycles. The van der Waals surface area contributed by atoms with Gasteiger partial charge >= 0.3 is 0 Å². The van der Waals surface area contributed by atoms with Gasteiger partial charge in [0.25, 0.3) is 5.91 Å². The van der Waals surface area contributed by atoms with E-state index in [0.29, 0.717) is 11.4 Å². The van der Waals surface area contributed by atoms with E-state index in [9.17, 15) is 4.79 Å². The molecule has 0 saturated heterocycles. The molecule has 0 aliphatic rings. The Morgan fingerprint density at radius 1 is 0.968 bits per heavy atom. The van der Waals surface area contributed by atoms with Crippen molar-refractivity contribution in [3.8, 4) is 17.0 Å². The minimum absolute atomic E-state index is 0.227. The van der Waals surface area contributed by atoms with Gasteiger partial charge in [0.2, 0.25) is 0 Å². The molecule has 0 aliphatic carbocycles. The summed E-state index contributed by atoms with van der Waals surface area (Å²) in [5.41, 5.74) is 2.42. The summed E-state index contributed by atoms with van der Waals surface area (Å²) in [5, 5.41) is 11.0. The Morgan fingerprint density at radius 2 is 1.81 bits per heavy atom. The van der Waals surface area contributed by atoms with E-state index in [1.165, 1.54) is 11.5 Å². The molecular weight excluding hydrogens is 410 g/mol. The van der Waals surface area contributed by atoms with Crippen molar-refractivity contribution in [3.05, 3.63) is 95.8 Å². The van der Waals surface area contributed by atoms with Crippen LogP contribution >= 0.6 is 11.5 Å². The Kier molecular flexibility index (Phi) is 5.16. The van der Waals surface area contributed by atoms with Crippen LogP contribution < -0.4 is 10.1 Å². The number of nitrogens with zero attached hydrogens (tertiary/aromatic N) is 2. The van der Waals surface area contributed by atoms with Crippen LogP contribution in [0.15, 0.2) is 88.7 Å². The first-order valence-electron chi connectivity index (χ1n) is 9.64. The fourth-order valence-electron chi connectivity index (χ4n) is 3.20. The van der Waals surface area contributed by atoms with Crippen molar-refractivity contribution < 1.29 is 13.9 Å². The molecule has 2 aromatic heterocycles. The fourth-order valence-corrected chi connectivity index (χ4v) is 3.66. The molecule has 0 fully saturated rings. The van der Waals surface area contributed by atoms with Gasteiger partial charge in [-0.3, -0.25) is 4.79 Å². The molecule has 31 heavy (non-hydrogen) atoms. The van der Waals surface area contributed by atoms with Crippen molar-refractivity contribution in [1.29, 1.82) is 0 Å². The maximum Gasteiger partial charge on any atom is 0.291 e. The van der Waals surface area contributed by atoms with Gasteiger partial charge in [-0.25, -0.2) is 0 Å². The van der Waals surface area contributed by atoms with Crippen LogP contribution in [0.1, 0.15) is 16.3 Å². The van der Waals surface area contributed by atoms with E-state index in [2.05, 4.69) is 21.0 Å². The lowest BCUT2D eigenvalue weighted by Crippen LogP contribution is -2.10. The Hall–Kier alpha value is -3.97. The number of furan rings is 1. The smallest absolute Gasteiger partial charge is 0.291 e. The first-order valence-corrected chi connectivity index (χ1v) is 10.5. The lowest BCUT2D eigenvalue weighted by Gasteiger charge is -2.06. The molecular formula is C24H17N3O3S. The number of aromatic nitrogens is 2. The standard InChI is InChI=1S/C24H17N3O3S/c28-24(25-19-8-5-17(6-9-19)22-15-31-27-26-22)23-12-11-21(30-23)14-29-20-10-7-16-3-1-2-4-18(16)13-20/h1-13,15H,14H2,(H,25,28). The third kappa shape index (κ3) is 4.31. The minimum Gasteiger partial charge on any atom is -0.486 e. The summed E-state index contributed by atoms with van der Waals surface area (Å²) >= 11 is 1.30. The SMILES string of the molecule is O=C(Nc1ccc(-c2csnn2)cc1)c1ccc(COc2ccc3ccccc3c2)o1. The van der Waals surface area contributed by atoms with Crippen molar-refractivity contribution >= 4 is 33.9 Å². The zero-order valence-electron chi connectivity index (χ0n) is 16.3. The summed E-state index contributed by atoms with van der Waals surface area (Å²) < 4.78 is 15.3. The van der Waals surface area contributed by atoms with E-state index in [4.69, 9.17) is 9.15 Å². The number of fused-ring (bicyclic) bond motifs is 1. The molecule has 2 heterocycles. The summed E-state index contributed by atoms with van der Waals surface area (Å²) in [6, 6.07) is 24.8. The first kappa shape index (κ1) is 19.0. The van der Waals surface area contributed by atoms with E-state index >= 15 is 0 Å². The van der Waals surface area contributed by atoms with Gasteiger partial charge in [-0.2, -0.15) is 0 Å². The number of carbonyl (C=O) groups excluding carboxylic acids is 1. The largest absolute Gasteiger partial charge is 0.486 e. The number of carbonyl (C=O) groups is 1. The van der Waals surface area contributed by atoms with Crippen molar-refractivity contribution in [2.75, 3.05) is 5.32 Å². The molecule has 0 spiro atoms. The molecule has 0 radical (unpaired) electrons.